The fraction of sp³-hybridized carbons (Fsp3) is 0.286. The predicted octanol–water partition coefficient (Wildman–Crippen LogP) is 1.58. The maximum atomic E-state index is 5.78. The van der Waals surface area contributed by atoms with Gasteiger partial charge in [-0.1, -0.05) is 19.1 Å². The number of anilines is 1. The first-order chi connectivity index (χ1) is 10.3. The second-order valence-electron chi connectivity index (χ2n) is 4.79. The van der Waals surface area contributed by atoms with Crippen molar-refractivity contribution >= 4 is 5.69 Å². The van der Waals surface area contributed by atoms with E-state index in [4.69, 9.17) is 5.73 Å². The van der Waals surface area contributed by atoms with Crippen LogP contribution in [0.25, 0.3) is 11.4 Å². The molecule has 7 nitrogen and oxygen atoms in total. The molecule has 0 aliphatic rings. The van der Waals surface area contributed by atoms with Gasteiger partial charge in [-0.25, -0.2) is 19.3 Å². The Labute approximate surface area is 122 Å². The van der Waals surface area contributed by atoms with E-state index < -0.39 is 0 Å². The fourth-order valence-corrected chi connectivity index (χ4v) is 2.13. The summed E-state index contributed by atoms with van der Waals surface area (Å²) in [5.41, 5.74) is 7.39. The lowest BCUT2D eigenvalue weighted by molar-refractivity contribution is 0.539. The number of benzene rings is 1. The van der Waals surface area contributed by atoms with E-state index in [9.17, 15) is 0 Å². The molecule has 3 aromatic rings. The highest BCUT2D eigenvalue weighted by Crippen LogP contribution is 2.17. The van der Waals surface area contributed by atoms with Crippen LogP contribution in [0.2, 0.25) is 0 Å². The topological polar surface area (TPSA) is 87.4 Å². The van der Waals surface area contributed by atoms with E-state index in [2.05, 4.69) is 27.1 Å². The summed E-state index contributed by atoms with van der Waals surface area (Å²) >= 11 is 0. The number of nitrogens with zero attached hydrogens (tertiary/aromatic N) is 6. The van der Waals surface area contributed by atoms with Gasteiger partial charge in [0.05, 0.1) is 0 Å². The van der Waals surface area contributed by atoms with Crippen molar-refractivity contribution in [3.63, 3.8) is 0 Å². The van der Waals surface area contributed by atoms with Crippen LogP contribution in [0.15, 0.2) is 36.9 Å². The van der Waals surface area contributed by atoms with Gasteiger partial charge in [-0.2, -0.15) is 10.2 Å². The molecular weight excluding hydrogens is 266 g/mol. The average molecular weight is 283 g/mol. The molecule has 2 aromatic heterocycles. The molecule has 0 aliphatic heterocycles. The molecular formula is C14H17N7. The summed E-state index contributed by atoms with van der Waals surface area (Å²) in [4.78, 5) is 8.59. The smallest absolute Gasteiger partial charge is 0.181 e. The van der Waals surface area contributed by atoms with E-state index in [1.165, 1.54) is 0 Å². The summed E-state index contributed by atoms with van der Waals surface area (Å²) in [6, 6.07) is 7.53. The lowest BCUT2D eigenvalue weighted by Gasteiger charge is -2.03. The van der Waals surface area contributed by atoms with Gasteiger partial charge in [-0.05, 0) is 18.6 Å². The van der Waals surface area contributed by atoms with Crippen LogP contribution in [0.3, 0.4) is 0 Å². The molecule has 0 aliphatic carbocycles. The lowest BCUT2D eigenvalue weighted by Crippen LogP contribution is -2.10. The molecule has 0 unspecified atom stereocenters. The second kappa shape index (κ2) is 5.74. The van der Waals surface area contributed by atoms with E-state index in [0.717, 1.165) is 24.4 Å². The van der Waals surface area contributed by atoms with Gasteiger partial charge in [-0.3, -0.25) is 0 Å². The minimum atomic E-state index is 0.551. The minimum absolute atomic E-state index is 0.551. The van der Waals surface area contributed by atoms with Crippen LogP contribution >= 0.6 is 0 Å². The molecule has 21 heavy (non-hydrogen) atoms. The molecule has 3 rings (SSSR count). The van der Waals surface area contributed by atoms with Gasteiger partial charge in [0, 0.05) is 17.8 Å². The Balaban J connectivity index is 1.80. The van der Waals surface area contributed by atoms with Gasteiger partial charge >= 0.3 is 0 Å². The van der Waals surface area contributed by atoms with E-state index in [1.807, 2.05) is 28.9 Å². The molecule has 0 bridgehead atoms. The molecule has 0 saturated carbocycles. The number of hydrogen-bond donors (Lipinski definition) is 1. The highest BCUT2D eigenvalue weighted by molar-refractivity contribution is 5.60. The Morgan fingerprint density at radius 2 is 2.14 bits per heavy atom. The summed E-state index contributed by atoms with van der Waals surface area (Å²) in [6.45, 7) is 3.51. The van der Waals surface area contributed by atoms with Crippen molar-refractivity contribution in [3.05, 3.63) is 42.7 Å². The standard InChI is InChI=1S/C14H17N7/c1-2-6-21-13(16-9-18-21)8-20-10-17-14(19-20)11-4-3-5-12(15)7-11/h3-5,7,9-10H,2,6,8,15H2,1H3. The van der Waals surface area contributed by atoms with Crippen LogP contribution in [0.4, 0.5) is 5.69 Å². The monoisotopic (exact) mass is 283 g/mol. The Morgan fingerprint density at radius 3 is 2.95 bits per heavy atom. The van der Waals surface area contributed by atoms with E-state index in [-0.39, 0.29) is 0 Å². The van der Waals surface area contributed by atoms with Gasteiger partial charge < -0.3 is 5.73 Å². The van der Waals surface area contributed by atoms with Gasteiger partial charge in [-0.15, -0.1) is 0 Å². The number of nitrogens with two attached hydrogens (primary N) is 1. The van der Waals surface area contributed by atoms with Crippen LogP contribution in [-0.4, -0.2) is 29.5 Å². The van der Waals surface area contributed by atoms with Crippen molar-refractivity contribution in [2.75, 3.05) is 5.73 Å². The maximum absolute atomic E-state index is 5.78. The van der Waals surface area contributed by atoms with Crippen molar-refractivity contribution in [3.8, 4) is 11.4 Å². The Morgan fingerprint density at radius 1 is 1.24 bits per heavy atom. The summed E-state index contributed by atoms with van der Waals surface area (Å²) < 4.78 is 3.65. The fourth-order valence-electron chi connectivity index (χ4n) is 2.13. The largest absolute Gasteiger partial charge is 0.399 e. The van der Waals surface area contributed by atoms with E-state index in [0.29, 0.717) is 18.1 Å². The first kappa shape index (κ1) is 13.3. The number of aryl methyl sites for hydroxylation is 1. The quantitative estimate of drug-likeness (QED) is 0.718. The zero-order chi connectivity index (χ0) is 14.7. The molecule has 0 spiro atoms. The van der Waals surface area contributed by atoms with Crippen LogP contribution in [0, 0.1) is 0 Å². The number of rotatable bonds is 5. The summed E-state index contributed by atoms with van der Waals surface area (Å²) in [5.74, 6) is 1.53. The van der Waals surface area contributed by atoms with Crippen molar-refractivity contribution in [1.82, 2.24) is 29.5 Å². The molecule has 7 heteroatoms. The highest BCUT2D eigenvalue weighted by Gasteiger charge is 2.08. The van der Waals surface area contributed by atoms with Crippen LogP contribution < -0.4 is 5.73 Å². The van der Waals surface area contributed by atoms with Gasteiger partial charge in [0.25, 0.3) is 0 Å². The number of nitrogen functional groups attached to an aromatic ring is 1. The number of aromatic nitrogens is 6. The van der Waals surface area contributed by atoms with Crippen molar-refractivity contribution in [2.24, 2.45) is 0 Å². The average Bonchev–Trinajstić information content (AvgIpc) is 3.10. The molecule has 0 fully saturated rings. The third-order valence-corrected chi connectivity index (χ3v) is 3.12. The summed E-state index contributed by atoms with van der Waals surface area (Å²) in [7, 11) is 0. The molecule has 0 atom stereocenters. The third kappa shape index (κ3) is 2.91. The molecule has 0 radical (unpaired) electrons. The maximum Gasteiger partial charge on any atom is 0.181 e. The van der Waals surface area contributed by atoms with Crippen molar-refractivity contribution in [1.29, 1.82) is 0 Å². The highest BCUT2D eigenvalue weighted by atomic mass is 15.4. The Hall–Kier alpha value is -2.70. The van der Waals surface area contributed by atoms with Crippen LogP contribution in [0.5, 0.6) is 0 Å². The summed E-state index contributed by atoms with van der Waals surface area (Å²) in [5, 5.41) is 8.67. The summed E-state index contributed by atoms with van der Waals surface area (Å²) in [6.07, 6.45) is 4.28. The normalized spacial score (nSPS) is 10.9. The molecule has 2 N–H and O–H groups in total. The molecule has 0 amide bonds. The van der Waals surface area contributed by atoms with Crippen molar-refractivity contribution in [2.45, 2.75) is 26.4 Å². The van der Waals surface area contributed by atoms with Crippen LogP contribution in [0.1, 0.15) is 19.2 Å². The van der Waals surface area contributed by atoms with E-state index in [1.54, 1.807) is 17.3 Å². The first-order valence-corrected chi connectivity index (χ1v) is 6.88. The molecule has 108 valence electrons. The number of hydrogen-bond acceptors (Lipinski definition) is 5. The van der Waals surface area contributed by atoms with Gasteiger partial charge in [0.2, 0.25) is 0 Å². The predicted molar refractivity (Wildman–Crippen MR) is 79.3 cm³/mol. The molecule has 1 aromatic carbocycles. The van der Waals surface area contributed by atoms with Crippen molar-refractivity contribution < 1.29 is 0 Å². The van der Waals surface area contributed by atoms with Gasteiger partial charge in [0.15, 0.2) is 5.82 Å². The Kier molecular flexibility index (Phi) is 3.63. The first-order valence-electron chi connectivity index (χ1n) is 6.88. The van der Waals surface area contributed by atoms with Gasteiger partial charge in [0.1, 0.15) is 25.0 Å². The molecule has 0 saturated heterocycles. The zero-order valence-electron chi connectivity index (χ0n) is 11.8. The Bertz CT molecular complexity index is 728. The lowest BCUT2D eigenvalue weighted by atomic mass is 10.2. The zero-order valence-corrected chi connectivity index (χ0v) is 11.8. The second-order valence-corrected chi connectivity index (χ2v) is 4.79. The minimum Gasteiger partial charge on any atom is -0.399 e. The third-order valence-electron chi connectivity index (χ3n) is 3.12. The SMILES string of the molecule is CCCn1ncnc1Cn1cnc(-c2cccc(N)c2)n1. The van der Waals surface area contributed by atoms with E-state index >= 15 is 0 Å². The van der Waals surface area contributed by atoms with Crippen LogP contribution in [-0.2, 0) is 13.1 Å². The molecule has 2 heterocycles.